The predicted molar refractivity (Wildman–Crippen MR) is 68.1 cm³/mol. The number of benzene rings is 2. The van der Waals surface area contributed by atoms with Crippen LogP contribution in [0.5, 0.6) is 0 Å². The molecule has 0 aliphatic carbocycles. The van der Waals surface area contributed by atoms with Gasteiger partial charge in [0.25, 0.3) is 5.69 Å². The van der Waals surface area contributed by atoms with Crippen molar-refractivity contribution in [3.63, 3.8) is 0 Å². The fourth-order valence-corrected chi connectivity index (χ4v) is 1.36. The smallest absolute Gasteiger partial charge is 0.294 e. The van der Waals surface area contributed by atoms with Crippen LogP contribution in [-0.2, 0) is 0 Å². The molecule has 0 aliphatic heterocycles. The highest BCUT2D eigenvalue weighted by molar-refractivity contribution is 5.63. The van der Waals surface area contributed by atoms with Crippen LogP contribution in [0.1, 0.15) is 0 Å². The topological polar surface area (TPSA) is 93.9 Å². The van der Waals surface area contributed by atoms with E-state index in [9.17, 15) is 10.1 Å². The first-order valence-corrected chi connectivity index (χ1v) is 5.17. The number of anilines is 1. The summed E-state index contributed by atoms with van der Waals surface area (Å²) in [7, 11) is 0. The van der Waals surface area contributed by atoms with Gasteiger partial charge in [0.2, 0.25) is 0 Å². The SMILES string of the molecule is Nc1ccc(/N=N/c2ccccc2)cc1[N+](=O)[O-]. The molecule has 0 saturated heterocycles. The van der Waals surface area contributed by atoms with Crippen LogP contribution in [0.15, 0.2) is 58.8 Å². The fourth-order valence-electron chi connectivity index (χ4n) is 1.36. The highest BCUT2D eigenvalue weighted by atomic mass is 16.6. The summed E-state index contributed by atoms with van der Waals surface area (Å²) in [6, 6.07) is 13.4. The summed E-state index contributed by atoms with van der Waals surface area (Å²) in [6.07, 6.45) is 0. The molecular weight excluding hydrogens is 232 g/mol. The van der Waals surface area contributed by atoms with E-state index in [2.05, 4.69) is 10.2 Å². The van der Waals surface area contributed by atoms with Gasteiger partial charge >= 0.3 is 0 Å². The van der Waals surface area contributed by atoms with Crippen molar-refractivity contribution in [2.45, 2.75) is 0 Å². The number of nitro benzene ring substituents is 1. The molecular formula is C12H10N4O2. The summed E-state index contributed by atoms with van der Waals surface area (Å²) in [5, 5.41) is 18.6. The molecule has 0 fully saturated rings. The minimum Gasteiger partial charge on any atom is -0.393 e. The van der Waals surface area contributed by atoms with E-state index < -0.39 is 4.92 Å². The molecule has 6 heteroatoms. The van der Waals surface area contributed by atoms with Crippen LogP contribution >= 0.6 is 0 Å². The van der Waals surface area contributed by atoms with Gasteiger partial charge in [0.05, 0.1) is 16.3 Å². The van der Waals surface area contributed by atoms with Crippen molar-refractivity contribution < 1.29 is 4.92 Å². The van der Waals surface area contributed by atoms with E-state index in [0.29, 0.717) is 11.4 Å². The Morgan fingerprint density at radius 1 is 1.00 bits per heavy atom. The van der Waals surface area contributed by atoms with Gasteiger partial charge in [-0.3, -0.25) is 10.1 Å². The average molecular weight is 242 g/mol. The number of nitrogens with two attached hydrogens (primary N) is 1. The van der Waals surface area contributed by atoms with Gasteiger partial charge < -0.3 is 5.73 Å². The van der Waals surface area contributed by atoms with Gasteiger partial charge in [0, 0.05) is 6.07 Å². The van der Waals surface area contributed by atoms with Crippen LogP contribution in [-0.4, -0.2) is 4.92 Å². The third-order valence-electron chi connectivity index (χ3n) is 2.25. The van der Waals surface area contributed by atoms with Crippen LogP contribution in [0.4, 0.5) is 22.7 Å². The quantitative estimate of drug-likeness (QED) is 0.385. The van der Waals surface area contributed by atoms with Crippen LogP contribution in [0.25, 0.3) is 0 Å². The number of nitro groups is 1. The summed E-state index contributed by atoms with van der Waals surface area (Å²) in [6.45, 7) is 0. The summed E-state index contributed by atoms with van der Waals surface area (Å²) < 4.78 is 0. The molecule has 0 atom stereocenters. The van der Waals surface area contributed by atoms with E-state index >= 15 is 0 Å². The first kappa shape index (κ1) is 11.7. The summed E-state index contributed by atoms with van der Waals surface area (Å²) in [5.74, 6) is 0. The number of nitrogens with zero attached hydrogens (tertiary/aromatic N) is 3. The molecule has 90 valence electrons. The molecule has 0 amide bonds. The third kappa shape index (κ3) is 2.67. The maximum Gasteiger partial charge on any atom is 0.294 e. The lowest BCUT2D eigenvalue weighted by molar-refractivity contribution is -0.383. The minimum atomic E-state index is -0.545. The molecule has 0 aliphatic rings. The summed E-state index contributed by atoms with van der Waals surface area (Å²) in [5.41, 5.74) is 6.49. The van der Waals surface area contributed by atoms with Gasteiger partial charge in [-0.25, -0.2) is 0 Å². The zero-order chi connectivity index (χ0) is 13.0. The van der Waals surface area contributed by atoms with Gasteiger partial charge in [-0.1, -0.05) is 18.2 Å². The molecule has 2 rings (SSSR count). The minimum absolute atomic E-state index is 0.110. The number of hydrogen-bond acceptors (Lipinski definition) is 5. The van der Waals surface area contributed by atoms with Crippen molar-refractivity contribution in [1.29, 1.82) is 0 Å². The molecule has 18 heavy (non-hydrogen) atoms. The average Bonchev–Trinajstić information content (AvgIpc) is 2.38. The largest absolute Gasteiger partial charge is 0.393 e. The summed E-state index contributed by atoms with van der Waals surface area (Å²) >= 11 is 0. The standard InChI is InChI=1S/C12H10N4O2/c13-11-7-6-10(8-12(11)16(17)18)15-14-9-4-2-1-3-5-9/h1-8H,13H2/b15-14+. The van der Waals surface area contributed by atoms with Gasteiger partial charge in [0.1, 0.15) is 5.69 Å². The van der Waals surface area contributed by atoms with E-state index in [1.165, 1.54) is 12.1 Å². The van der Waals surface area contributed by atoms with Crippen molar-refractivity contribution in [1.82, 2.24) is 0 Å². The van der Waals surface area contributed by atoms with Gasteiger partial charge in [0.15, 0.2) is 0 Å². The van der Waals surface area contributed by atoms with E-state index in [4.69, 9.17) is 5.73 Å². The molecule has 2 aromatic carbocycles. The highest BCUT2D eigenvalue weighted by Gasteiger charge is 2.11. The van der Waals surface area contributed by atoms with E-state index in [1.54, 1.807) is 18.2 Å². The van der Waals surface area contributed by atoms with Crippen molar-refractivity contribution in [2.75, 3.05) is 5.73 Å². The predicted octanol–water partition coefficient (Wildman–Crippen LogP) is 3.59. The lowest BCUT2D eigenvalue weighted by Crippen LogP contribution is -1.94. The maximum atomic E-state index is 10.7. The first-order valence-electron chi connectivity index (χ1n) is 5.17. The van der Waals surface area contributed by atoms with E-state index in [0.717, 1.165) is 0 Å². The molecule has 2 aromatic rings. The Morgan fingerprint density at radius 2 is 1.67 bits per heavy atom. The van der Waals surface area contributed by atoms with E-state index in [1.807, 2.05) is 18.2 Å². The molecule has 0 bridgehead atoms. The van der Waals surface area contributed by atoms with E-state index in [-0.39, 0.29) is 11.4 Å². The van der Waals surface area contributed by atoms with Crippen LogP contribution < -0.4 is 5.73 Å². The normalized spacial score (nSPS) is 10.7. The number of hydrogen-bond donors (Lipinski definition) is 1. The zero-order valence-corrected chi connectivity index (χ0v) is 9.35. The molecule has 0 unspecified atom stereocenters. The van der Waals surface area contributed by atoms with Gasteiger partial charge in [-0.2, -0.15) is 10.2 Å². The molecule has 0 radical (unpaired) electrons. The molecule has 0 heterocycles. The fraction of sp³-hybridized carbons (Fsp3) is 0. The second-order valence-electron chi connectivity index (χ2n) is 3.54. The molecule has 0 aromatic heterocycles. The molecule has 0 spiro atoms. The van der Waals surface area contributed by atoms with Gasteiger partial charge in [-0.15, -0.1) is 0 Å². The highest BCUT2D eigenvalue weighted by Crippen LogP contribution is 2.27. The Morgan fingerprint density at radius 3 is 2.33 bits per heavy atom. The number of rotatable bonds is 3. The van der Waals surface area contributed by atoms with Crippen LogP contribution in [0.3, 0.4) is 0 Å². The summed E-state index contributed by atoms with van der Waals surface area (Å²) in [4.78, 5) is 10.2. The number of nitrogen functional groups attached to an aromatic ring is 1. The van der Waals surface area contributed by atoms with Gasteiger partial charge in [-0.05, 0) is 24.3 Å². The second-order valence-corrected chi connectivity index (χ2v) is 3.54. The Bertz CT molecular complexity index is 596. The Hall–Kier alpha value is -2.76. The molecule has 2 N–H and O–H groups in total. The molecule has 6 nitrogen and oxygen atoms in total. The van der Waals surface area contributed by atoms with Crippen molar-refractivity contribution in [3.05, 3.63) is 58.6 Å². The molecule has 0 saturated carbocycles. The van der Waals surface area contributed by atoms with Crippen molar-refractivity contribution in [2.24, 2.45) is 10.2 Å². The monoisotopic (exact) mass is 242 g/mol. The third-order valence-corrected chi connectivity index (χ3v) is 2.25. The van der Waals surface area contributed by atoms with Crippen molar-refractivity contribution >= 4 is 22.7 Å². The zero-order valence-electron chi connectivity index (χ0n) is 9.35. The number of azo groups is 1. The van der Waals surface area contributed by atoms with Crippen LogP contribution in [0, 0.1) is 10.1 Å². The lowest BCUT2D eigenvalue weighted by Gasteiger charge is -1.97. The van der Waals surface area contributed by atoms with Crippen molar-refractivity contribution in [3.8, 4) is 0 Å². The first-order chi connectivity index (χ1) is 8.66. The second kappa shape index (κ2) is 5.05. The maximum absolute atomic E-state index is 10.7. The Labute approximate surface area is 103 Å². The Kier molecular flexibility index (Phi) is 3.29. The Balaban J connectivity index is 2.28. The van der Waals surface area contributed by atoms with Crippen LogP contribution in [0.2, 0.25) is 0 Å². The lowest BCUT2D eigenvalue weighted by atomic mass is 10.2.